The Bertz CT molecular complexity index is 722. The van der Waals surface area contributed by atoms with Crippen LogP contribution in [-0.4, -0.2) is 38.9 Å². The summed E-state index contributed by atoms with van der Waals surface area (Å²) in [6, 6.07) is 13.1. The molecular formula is C15H19ClN2O2S. The zero-order chi connectivity index (χ0) is 14.2. The topological polar surface area (TPSA) is 49.4 Å². The largest absolute Gasteiger partial charge is 0.315 e. The summed E-state index contributed by atoms with van der Waals surface area (Å²) in [4.78, 5) is 0.394. The molecule has 1 aliphatic rings. The molecule has 2 aromatic rings. The average molecular weight is 327 g/mol. The van der Waals surface area contributed by atoms with Gasteiger partial charge in [-0.3, -0.25) is 0 Å². The molecule has 1 heterocycles. The van der Waals surface area contributed by atoms with Gasteiger partial charge in [-0.2, -0.15) is 4.31 Å². The van der Waals surface area contributed by atoms with Crippen molar-refractivity contribution in [2.45, 2.75) is 17.4 Å². The third-order valence-corrected chi connectivity index (χ3v) is 5.92. The smallest absolute Gasteiger partial charge is 0.243 e. The van der Waals surface area contributed by atoms with Crippen LogP contribution in [0, 0.1) is 0 Å². The van der Waals surface area contributed by atoms with Crippen molar-refractivity contribution in [3.8, 4) is 0 Å². The predicted octanol–water partition coefficient (Wildman–Crippen LogP) is 2.24. The maximum atomic E-state index is 12.8. The monoisotopic (exact) mass is 326 g/mol. The number of fused-ring (bicyclic) bond motifs is 1. The summed E-state index contributed by atoms with van der Waals surface area (Å²) >= 11 is 0. The molecule has 2 aromatic carbocycles. The number of likely N-dealkylation sites (N-methyl/N-ethyl adjacent to an activating group) is 1. The number of halogens is 1. The third-order valence-electron chi connectivity index (χ3n) is 3.96. The number of benzene rings is 2. The molecule has 114 valence electrons. The van der Waals surface area contributed by atoms with Crippen LogP contribution >= 0.6 is 12.4 Å². The van der Waals surface area contributed by atoms with E-state index < -0.39 is 10.0 Å². The average Bonchev–Trinajstić information content (AvgIpc) is 2.99. The number of nitrogens with zero attached hydrogens (tertiary/aromatic N) is 1. The van der Waals surface area contributed by atoms with E-state index in [-0.39, 0.29) is 18.4 Å². The van der Waals surface area contributed by atoms with Crippen LogP contribution in [0.1, 0.15) is 6.42 Å². The highest BCUT2D eigenvalue weighted by Crippen LogP contribution is 2.26. The molecule has 1 aliphatic heterocycles. The van der Waals surface area contributed by atoms with Gasteiger partial charge in [0.15, 0.2) is 0 Å². The van der Waals surface area contributed by atoms with Crippen LogP contribution in [0.25, 0.3) is 10.8 Å². The van der Waals surface area contributed by atoms with Gasteiger partial charge in [0.2, 0.25) is 10.0 Å². The van der Waals surface area contributed by atoms with Crippen LogP contribution < -0.4 is 5.32 Å². The van der Waals surface area contributed by atoms with Crippen LogP contribution in [-0.2, 0) is 10.0 Å². The zero-order valence-electron chi connectivity index (χ0n) is 11.8. The second kappa shape index (κ2) is 6.32. The van der Waals surface area contributed by atoms with Gasteiger partial charge in [-0.05, 0) is 24.4 Å². The standard InChI is InChI=1S/C15H18N2O2S.ClH/c1-17(13-9-10-16-11-13)20(18,19)15-8-4-6-12-5-2-3-7-14(12)15;/h2-8,13,16H,9-11H2,1H3;1H. The minimum Gasteiger partial charge on any atom is -0.315 e. The fourth-order valence-electron chi connectivity index (χ4n) is 2.72. The molecule has 1 fully saturated rings. The lowest BCUT2D eigenvalue weighted by molar-refractivity contribution is 0.388. The SMILES string of the molecule is CN(C1CCNC1)S(=O)(=O)c1cccc2ccccc12.Cl. The molecule has 21 heavy (non-hydrogen) atoms. The Hall–Kier alpha value is -1.14. The molecule has 0 spiro atoms. The lowest BCUT2D eigenvalue weighted by Crippen LogP contribution is -2.38. The van der Waals surface area contributed by atoms with E-state index in [0.717, 1.165) is 30.3 Å². The van der Waals surface area contributed by atoms with E-state index in [9.17, 15) is 8.42 Å². The van der Waals surface area contributed by atoms with Gasteiger partial charge in [0.25, 0.3) is 0 Å². The van der Waals surface area contributed by atoms with Crippen LogP contribution in [0.3, 0.4) is 0 Å². The molecule has 0 amide bonds. The Balaban J connectivity index is 0.00000161. The number of nitrogens with one attached hydrogen (secondary N) is 1. The molecule has 1 saturated heterocycles. The van der Waals surface area contributed by atoms with Crippen LogP contribution in [0.4, 0.5) is 0 Å². The summed E-state index contributed by atoms with van der Waals surface area (Å²) in [7, 11) is -1.78. The highest BCUT2D eigenvalue weighted by Gasteiger charge is 2.30. The zero-order valence-corrected chi connectivity index (χ0v) is 13.5. The van der Waals surface area contributed by atoms with Gasteiger partial charge >= 0.3 is 0 Å². The van der Waals surface area contributed by atoms with E-state index in [1.54, 1.807) is 19.2 Å². The van der Waals surface area contributed by atoms with Crippen molar-refractivity contribution < 1.29 is 8.42 Å². The summed E-state index contributed by atoms with van der Waals surface area (Å²) in [6.45, 7) is 1.60. The number of hydrogen-bond acceptors (Lipinski definition) is 3. The van der Waals surface area contributed by atoms with Crippen molar-refractivity contribution in [3.05, 3.63) is 42.5 Å². The molecule has 3 rings (SSSR count). The first kappa shape index (κ1) is 16.2. The van der Waals surface area contributed by atoms with Crippen molar-refractivity contribution >= 4 is 33.2 Å². The Morgan fingerprint density at radius 3 is 2.57 bits per heavy atom. The van der Waals surface area contributed by atoms with Crippen molar-refractivity contribution in [1.82, 2.24) is 9.62 Å². The second-order valence-electron chi connectivity index (χ2n) is 5.15. The quantitative estimate of drug-likeness (QED) is 0.941. The lowest BCUT2D eigenvalue weighted by atomic mass is 10.1. The first-order valence-corrected chi connectivity index (χ1v) is 8.21. The second-order valence-corrected chi connectivity index (χ2v) is 7.11. The molecule has 0 bridgehead atoms. The normalized spacial score (nSPS) is 18.9. The maximum absolute atomic E-state index is 12.8. The summed E-state index contributed by atoms with van der Waals surface area (Å²) in [5, 5.41) is 4.94. The van der Waals surface area contributed by atoms with E-state index >= 15 is 0 Å². The number of hydrogen-bond donors (Lipinski definition) is 1. The van der Waals surface area contributed by atoms with Crippen molar-refractivity contribution in [3.63, 3.8) is 0 Å². The first-order chi connectivity index (χ1) is 9.60. The lowest BCUT2D eigenvalue weighted by Gasteiger charge is -2.23. The molecule has 4 nitrogen and oxygen atoms in total. The fourth-order valence-corrected chi connectivity index (χ4v) is 4.32. The van der Waals surface area contributed by atoms with E-state index in [1.165, 1.54) is 4.31 Å². The van der Waals surface area contributed by atoms with Crippen LogP contribution in [0.2, 0.25) is 0 Å². The molecular weight excluding hydrogens is 308 g/mol. The van der Waals surface area contributed by atoms with E-state index in [0.29, 0.717) is 4.90 Å². The van der Waals surface area contributed by atoms with Gasteiger partial charge in [0, 0.05) is 25.0 Å². The summed E-state index contributed by atoms with van der Waals surface area (Å²) in [5.41, 5.74) is 0. The molecule has 1 atom stereocenters. The van der Waals surface area contributed by atoms with Crippen LogP contribution in [0.5, 0.6) is 0 Å². The highest BCUT2D eigenvalue weighted by molar-refractivity contribution is 7.89. The molecule has 0 aliphatic carbocycles. The van der Waals surface area contributed by atoms with Crippen molar-refractivity contribution in [1.29, 1.82) is 0 Å². The predicted molar refractivity (Wildman–Crippen MR) is 87.4 cm³/mol. The van der Waals surface area contributed by atoms with Gasteiger partial charge < -0.3 is 5.32 Å². The van der Waals surface area contributed by atoms with Gasteiger partial charge in [0.05, 0.1) is 4.90 Å². The Morgan fingerprint density at radius 2 is 1.86 bits per heavy atom. The Kier molecular flexibility index (Phi) is 4.88. The molecule has 0 saturated carbocycles. The Labute approximate surface area is 131 Å². The van der Waals surface area contributed by atoms with E-state index in [2.05, 4.69) is 5.32 Å². The van der Waals surface area contributed by atoms with Crippen molar-refractivity contribution in [2.75, 3.05) is 20.1 Å². The third kappa shape index (κ3) is 2.92. The fraction of sp³-hybridized carbons (Fsp3) is 0.333. The molecule has 6 heteroatoms. The minimum atomic E-state index is -3.46. The minimum absolute atomic E-state index is 0. The first-order valence-electron chi connectivity index (χ1n) is 6.77. The summed E-state index contributed by atoms with van der Waals surface area (Å²) in [6.07, 6.45) is 0.862. The molecule has 1 N–H and O–H groups in total. The Morgan fingerprint density at radius 1 is 1.14 bits per heavy atom. The van der Waals surface area contributed by atoms with Gasteiger partial charge in [-0.1, -0.05) is 36.4 Å². The van der Waals surface area contributed by atoms with E-state index in [4.69, 9.17) is 0 Å². The maximum Gasteiger partial charge on any atom is 0.243 e. The van der Waals surface area contributed by atoms with Crippen molar-refractivity contribution in [2.24, 2.45) is 0 Å². The highest BCUT2D eigenvalue weighted by atomic mass is 35.5. The van der Waals surface area contributed by atoms with Crippen LogP contribution in [0.15, 0.2) is 47.4 Å². The van der Waals surface area contributed by atoms with Gasteiger partial charge in [0.1, 0.15) is 0 Å². The molecule has 0 aromatic heterocycles. The molecule has 1 unspecified atom stereocenters. The van der Waals surface area contributed by atoms with Gasteiger partial charge in [-0.25, -0.2) is 8.42 Å². The summed E-state index contributed by atoms with van der Waals surface area (Å²) < 4.78 is 27.2. The van der Waals surface area contributed by atoms with E-state index in [1.807, 2.05) is 30.3 Å². The van der Waals surface area contributed by atoms with Gasteiger partial charge in [-0.15, -0.1) is 12.4 Å². The number of rotatable bonds is 3. The molecule has 0 radical (unpaired) electrons. The number of sulfonamides is 1. The summed E-state index contributed by atoms with van der Waals surface area (Å²) in [5.74, 6) is 0.